The molecule has 0 aliphatic rings. The van der Waals surface area contributed by atoms with Crippen molar-refractivity contribution in [1.29, 1.82) is 0 Å². The molecular formula is C20H18FN3O2. The average molecular weight is 351 g/mol. The van der Waals surface area contributed by atoms with Crippen LogP contribution in [0.15, 0.2) is 66.9 Å². The van der Waals surface area contributed by atoms with Crippen molar-refractivity contribution in [3.8, 4) is 5.75 Å². The van der Waals surface area contributed by atoms with Gasteiger partial charge in [0, 0.05) is 18.3 Å². The molecule has 1 heterocycles. The molecule has 0 atom stereocenters. The largest absolute Gasteiger partial charge is 0.497 e. The summed E-state index contributed by atoms with van der Waals surface area (Å²) in [4.78, 5) is 16.3. The molecule has 132 valence electrons. The van der Waals surface area contributed by atoms with E-state index in [9.17, 15) is 9.18 Å². The predicted molar refractivity (Wildman–Crippen MR) is 98.1 cm³/mol. The smallest absolute Gasteiger partial charge is 0.270 e. The van der Waals surface area contributed by atoms with Crippen LogP contribution in [-0.4, -0.2) is 18.0 Å². The minimum Gasteiger partial charge on any atom is -0.497 e. The van der Waals surface area contributed by atoms with Gasteiger partial charge in [-0.3, -0.25) is 4.79 Å². The van der Waals surface area contributed by atoms with Crippen LogP contribution in [0.1, 0.15) is 16.1 Å². The molecule has 2 aromatic carbocycles. The Morgan fingerprint density at radius 1 is 1.08 bits per heavy atom. The van der Waals surface area contributed by atoms with E-state index in [-0.39, 0.29) is 11.7 Å². The van der Waals surface area contributed by atoms with Gasteiger partial charge in [-0.05, 0) is 42.0 Å². The predicted octanol–water partition coefficient (Wildman–Crippen LogP) is 3.90. The Labute approximate surface area is 150 Å². The van der Waals surface area contributed by atoms with Crippen LogP contribution >= 0.6 is 0 Å². The third-order valence-electron chi connectivity index (χ3n) is 3.72. The van der Waals surface area contributed by atoms with Crippen LogP contribution in [0.2, 0.25) is 0 Å². The molecule has 0 radical (unpaired) electrons. The summed E-state index contributed by atoms with van der Waals surface area (Å²) in [5.74, 6) is 0.155. The molecule has 2 N–H and O–H groups in total. The van der Waals surface area contributed by atoms with E-state index < -0.39 is 0 Å². The lowest BCUT2D eigenvalue weighted by atomic mass is 10.2. The number of aromatic nitrogens is 1. The zero-order valence-electron chi connectivity index (χ0n) is 14.2. The quantitative estimate of drug-likeness (QED) is 0.707. The molecule has 5 nitrogen and oxygen atoms in total. The van der Waals surface area contributed by atoms with Crippen molar-refractivity contribution in [3.63, 3.8) is 0 Å². The molecule has 0 aliphatic heterocycles. The van der Waals surface area contributed by atoms with Crippen molar-refractivity contribution in [2.24, 2.45) is 0 Å². The van der Waals surface area contributed by atoms with E-state index in [2.05, 4.69) is 15.6 Å². The Hall–Kier alpha value is -3.41. The van der Waals surface area contributed by atoms with E-state index in [1.54, 1.807) is 37.6 Å². The third kappa shape index (κ3) is 4.57. The van der Waals surface area contributed by atoms with Gasteiger partial charge in [-0.25, -0.2) is 9.37 Å². The van der Waals surface area contributed by atoms with Crippen LogP contribution in [0.25, 0.3) is 0 Å². The van der Waals surface area contributed by atoms with Crippen molar-refractivity contribution in [2.45, 2.75) is 6.54 Å². The van der Waals surface area contributed by atoms with E-state index in [4.69, 9.17) is 4.74 Å². The topological polar surface area (TPSA) is 63.2 Å². The number of carbonyl (C=O) groups excluding carboxylic acids is 1. The molecule has 0 spiro atoms. The van der Waals surface area contributed by atoms with E-state index in [1.807, 2.05) is 24.3 Å². The van der Waals surface area contributed by atoms with Gasteiger partial charge in [-0.1, -0.05) is 18.2 Å². The minimum atomic E-state index is -0.305. The number of pyridine rings is 1. The highest BCUT2D eigenvalue weighted by Gasteiger charge is 2.07. The van der Waals surface area contributed by atoms with Crippen molar-refractivity contribution in [2.75, 3.05) is 12.4 Å². The summed E-state index contributed by atoms with van der Waals surface area (Å²) < 4.78 is 18.1. The number of halogens is 1. The number of hydrogen-bond donors (Lipinski definition) is 2. The lowest BCUT2D eigenvalue weighted by Crippen LogP contribution is -2.23. The van der Waals surface area contributed by atoms with Crippen LogP contribution in [0.4, 0.5) is 15.8 Å². The molecular weight excluding hydrogens is 333 g/mol. The molecule has 0 saturated heterocycles. The lowest BCUT2D eigenvalue weighted by Gasteiger charge is -2.09. The van der Waals surface area contributed by atoms with Crippen LogP contribution in [0, 0.1) is 5.82 Å². The number of anilines is 2. The first-order valence-corrected chi connectivity index (χ1v) is 8.04. The molecule has 0 saturated carbocycles. The first-order valence-electron chi connectivity index (χ1n) is 8.04. The molecule has 3 aromatic rings. The maximum absolute atomic E-state index is 12.9. The molecule has 0 fully saturated rings. The van der Waals surface area contributed by atoms with E-state index in [0.29, 0.717) is 12.2 Å². The normalized spacial score (nSPS) is 10.2. The van der Waals surface area contributed by atoms with Gasteiger partial charge in [0.25, 0.3) is 5.91 Å². The van der Waals surface area contributed by atoms with Gasteiger partial charge < -0.3 is 15.4 Å². The van der Waals surface area contributed by atoms with Gasteiger partial charge in [-0.2, -0.15) is 0 Å². The summed E-state index contributed by atoms with van der Waals surface area (Å²) >= 11 is 0. The number of amides is 1. The Morgan fingerprint density at radius 2 is 1.88 bits per heavy atom. The summed E-state index contributed by atoms with van der Waals surface area (Å²) in [5.41, 5.74) is 2.74. The third-order valence-corrected chi connectivity index (χ3v) is 3.72. The van der Waals surface area contributed by atoms with Gasteiger partial charge in [0.2, 0.25) is 0 Å². The van der Waals surface area contributed by atoms with Crippen LogP contribution in [0.5, 0.6) is 5.75 Å². The fraction of sp³-hybridized carbons (Fsp3) is 0.100. The van der Waals surface area contributed by atoms with E-state index >= 15 is 0 Å². The Bertz CT molecular complexity index is 880. The summed E-state index contributed by atoms with van der Waals surface area (Å²) in [6.45, 7) is 0.310. The number of methoxy groups -OCH3 is 1. The molecule has 3 rings (SSSR count). The molecule has 1 aromatic heterocycles. The van der Waals surface area contributed by atoms with Gasteiger partial charge >= 0.3 is 0 Å². The fourth-order valence-electron chi connectivity index (χ4n) is 2.34. The van der Waals surface area contributed by atoms with Crippen molar-refractivity contribution < 1.29 is 13.9 Å². The SMILES string of the molecule is COc1cccc(Nc2ccc(C(=O)NCc3ccc(F)cc3)nc2)c1. The zero-order chi connectivity index (χ0) is 18.4. The summed E-state index contributed by atoms with van der Waals surface area (Å²) in [6.07, 6.45) is 1.59. The molecule has 6 heteroatoms. The van der Waals surface area contributed by atoms with E-state index in [0.717, 1.165) is 22.7 Å². The van der Waals surface area contributed by atoms with Crippen molar-refractivity contribution in [1.82, 2.24) is 10.3 Å². The van der Waals surface area contributed by atoms with E-state index in [1.165, 1.54) is 12.1 Å². The highest BCUT2D eigenvalue weighted by molar-refractivity contribution is 5.92. The number of carbonyl (C=O) groups is 1. The number of benzene rings is 2. The highest BCUT2D eigenvalue weighted by atomic mass is 19.1. The van der Waals surface area contributed by atoms with Gasteiger partial charge in [-0.15, -0.1) is 0 Å². The van der Waals surface area contributed by atoms with Crippen LogP contribution in [0.3, 0.4) is 0 Å². The zero-order valence-corrected chi connectivity index (χ0v) is 14.2. The van der Waals surface area contributed by atoms with Crippen LogP contribution < -0.4 is 15.4 Å². The highest BCUT2D eigenvalue weighted by Crippen LogP contribution is 2.20. The van der Waals surface area contributed by atoms with Crippen molar-refractivity contribution in [3.05, 3.63) is 83.9 Å². The average Bonchev–Trinajstić information content (AvgIpc) is 2.68. The summed E-state index contributed by atoms with van der Waals surface area (Å²) in [5, 5.41) is 5.96. The first kappa shape index (κ1) is 17.4. The maximum Gasteiger partial charge on any atom is 0.270 e. The van der Waals surface area contributed by atoms with Gasteiger partial charge in [0.15, 0.2) is 0 Å². The lowest BCUT2D eigenvalue weighted by molar-refractivity contribution is 0.0946. The first-order chi connectivity index (χ1) is 12.6. The summed E-state index contributed by atoms with van der Waals surface area (Å²) in [6, 6.07) is 16.9. The number of nitrogens with one attached hydrogen (secondary N) is 2. The maximum atomic E-state index is 12.9. The minimum absolute atomic E-state index is 0.290. The molecule has 0 aliphatic carbocycles. The Morgan fingerprint density at radius 3 is 2.58 bits per heavy atom. The molecule has 0 bridgehead atoms. The standard InChI is InChI=1S/C20H18FN3O2/c1-26-18-4-2-3-16(11-18)24-17-9-10-19(22-13-17)20(25)23-12-14-5-7-15(21)8-6-14/h2-11,13,24H,12H2,1H3,(H,23,25). The van der Waals surface area contributed by atoms with Gasteiger partial charge in [0.1, 0.15) is 17.3 Å². The number of nitrogens with zero attached hydrogens (tertiary/aromatic N) is 1. The van der Waals surface area contributed by atoms with Gasteiger partial charge in [0.05, 0.1) is 19.0 Å². The molecule has 0 unspecified atom stereocenters. The number of ether oxygens (including phenoxy) is 1. The second kappa shape index (κ2) is 8.11. The van der Waals surface area contributed by atoms with Crippen LogP contribution in [-0.2, 0) is 6.54 Å². The molecule has 26 heavy (non-hydrogen) atoms. The number of rotatable bonds is 6. The number of hydrogen-bond acceptors (Lipinski definition) is 4. The monoisotopic (exact) mass is 351 g/mol. The second-order valence-electron chi connectivity index (χ2n) is 5.60. The Balaban J connectivity index is 1.59. The molecule has 1 amide bonds. The van der Waals surface area contributed by atoms with Crippen molar-refractivity contribution >= 4 is 17.3 Å². The Kier molecular flexibility index (Phi) is 5.43. The second-order valence-corrected chi connectivity index (χ2v) is 5.60. The fourth-order valence-corrected chi connectivity index (χ4v) is 2.34. The summed E-state index contributed by atoms with van der Waals surface area (Å²) in [7, 11) is 1.61.